The van der Waals surface area contributed by atoms with Crippen molar-refractivity contribution in [1.29, 1.82) is 0 Å². The second-order valence-corrected chi connectivity index (χ2v) is 6.66. The van der Waals surface area contributed by atoms with Crippen molar-refractivity contribution in [2.75, 3.05) is 0 Å². The van der Waals surface area contributed by atoms with Crippen LogP contribution < -0.4 is 5.73 Å². The number of hydrogen-bond acceptors (Lipinski definition) is 3. The molecule has 4 N–H and O–H groups in total. The average molecular weight is 416 g/mol. The van der Waals surface area contributed by atoms with Crippen LogP contribution in [0.4, 0.5) is 0 Å². The number of nitrogens with two attached hydrogens (primary N) is 1. The molecule has 1 aromatic rings. The zero-order valence-corrected chi connectivity index (χ0v) is 14.3. The van der Waals surface area contributed by atoms with Crippen LogP contribution in [-0.2, 0) is 0 Å². The van der Waals surface area contributed by atoms with E-state index in [2.05, 4.69) is 31.9 Å². The molecular formula is C13H18Br2ClNO2. The fourth-order valence-corrected chi connectivity index (χ4v) is 3.87. The molecule has 3 nitrogen and oxygen atoms in total. The van der Waals surface area contributed by atoms with Crippen LogP contribution in [0, 0.1) is 5.92 Å². The molecular weight excluding hydrogens is 397 g/mol. The number of hydrogen-bond donors (Lipinski definition) is 3. The molecule has 1 aliphatic rings. The van der Waals surface area contributed by atoms with E-state index in [1.54, 1.807) is 12.1 Å². The molecule has 1 saturated carbocycles. The molecule has 108 valence electrons. The molecule has 2 rings (SSSR count). The van der Waals surface area contributed by atoms with Crippen molar-refractivity contribution >= 4 is 44.3 Å². The van der Waals surface area contributed by atoms with Gasteiger partial charge in [0, 0.05) is 10.0 Å². The Morgan fingerprint density at radius 1 is 1.21 bits per heavy atom. The van der Waals surface area contributed by atoms with E-state index in [-0.39, 0.29) is 24.1 Å². The first-order valence-corrected chi connectivity index (χ1v) is 7.71. The highest BCUT2D eigenvalue weighted by Gasteiger charge is 2.30. The smallest absolute Gasteiger partial charge is 0.134 e. The van der Waals surface area contributed by atoms with Gasteiger partial charge in [0.1, 0.15) is 5.75 Å². The zero-order valence-electron chi connectivity index (χ0n) is 10.4. The van der Waals surface area contributed by atoms with E-state index >= 15 is 0 Å². The van der Waals surface area contributed by atoms with Crippen molar-refractivity contribution in [3.63, 3.8) is 0 Å². The highest BCUT2D eigenvalue weighted by molar-refractivity contribution is 9.11. The molecule has 0 aliphatic heterocycles. The van der Waals surface area contributed by atoms with Gasteiger partial charge in [-0.25, -0.2) is 0 Å². The third-order valence-corrected chi connectivity index (χ3v) is 4.73. The summed E-state index contributed by atoms with van der Waals surface area (Å²) >= 11 is 6.65. The Balaban J connectivity index is 0.00000180. The van der Waals surface area contributed by atoms with Crippen LogP contribution in [0.25, 0.3) is 0 Å². The number of phenols is 1. The summed E-state index contributed by atoms with van der Waals surface area (Å²) in [6.07, 6.45) is 3.75. The summed E-state index contributed by atoms with van der Waals surface area (Å²) in [6.45, 7) is 0. The summed E-state index contributed by atoms with van der Waals surface area (Å²) in [4.78, 5) is 0. The summed E-state index contributed by atoms with van der Waals surface area (Å²) in [5.41, 5.74) is 6.68. The Morgan fingerprint density at radius 3 is 2.37 bits per heavy atom. The van der Waals surface area contributed by atoms with Gasteiger partial charge in [0.2, 0.25) is 0 Å². The van der Waals surface area contributed by atoms with E-state index in [0.717, 1.165) is 30.2 Å². The molecule has 6 heteroatoms. The first kappa shape index (κ1) is 17.2. The maximum Gasteiger partial charge on any atom is 0.134 e. The summed E-state index contributed by atoms with van der Waals surface area (Å²) < 4.78 is 1.41. The number of aliphatic hydroxyl groups is 1. The Bertz CT molecular complexity index is 439. The molecule has 0 amide bonds. The Kier molecular flexibility index (Phi) is 6.60. The second-order valence-electron chi connectivity index (χ2n) is 4.89. The lowest BCUT2D eigenvalue weighted by Crippen LogP contribution is -2.32. The van der Waals surface area contributed by atoms with E-state index in [1.165, 1.54) is 0 Å². The summed E-state index contributed by atoms with van der Waals surface area (Å²) in [7, 11) is 0. The van der Waals surface area contributed by atoms with Crippen LogP contribution in [0.3, 0.4) is 0 Å². The minimum absolute atomic E-state index is 0. The fourth-order valence-electron chi connectivity index (χ4n) is 2.62. The van der Waals surface area contributed by atoms with Gasteiger partial charge in [-0.1, -0.05) is 28.8 Å². The van der Waals surface area contributed by atoms with Crippen LogP contribution in [0.1, 0.15) is 37.3 Å². The van der Waals surface area contributed by atoms with Crippen molar-refractivity contribution in [3.8, 4) is 5.75 Å². The van der Waals surface area contributed by atoms with Gasteiger partial charge in [0.25, 0.3) is 0 Å². The van der Waals surface area contributed by atoms with Crippen LogP contribution >= 0.6 is 44.3 Å². The van der Waals surface area contributed by atoms with Crippen LogP contribution in [-0.4, -0.2) is 16.3 Å². The molecule has 1 aromatic carbocycles. The molecule has 0 saturated heterocycles. The Morgan fingerprint density at radius 2 is 1.79 bits per heavy atom. The van der Waals surface area contributed by atoms with Gasteiger partial charge >= 0.3 is 0 Å². The molecule has 1 aliphatic carbocycles. The number of phenolic OH excluding ortho intramolecular Hbond substituents is 1. The molecule has 0 aromatic heterocycles. The molecule has 0 radical (unpaired) electrons. The number of aliphatic hydroxyl groups excluding tert-OH is 1. The van der Waals surface area contributed by atoms with Crippen LogP contribution in [0.2, 0.25) is 0 Å². The third-order valence-electron chi connectivity index (χ3n) is 3.67. The third kappa shape index (κ3) is 3.85. The Hall–Kier alpha value is 0.190. The number of rotatable bonds is 3. The van der Waals surface area contributed by atoms with Gasteiger partial charge in [-0.05, 0) is 46.8 Å². The maximum atomic E-state index is 10.3. The number of aromatic hydroxyl groups is 1. The molecule has 1 fully saturated rings. The minimum atomic E-state index is -0.598. The highest BCUT2D eigenvalue weighted by Crippen LogP contribution is 2.39. The largest absolute Gasteiger partial charge is 0.506 e. The normalized spacial score (nSPS) is 18.9. The topological polar surface area (TPSA) is 66.5 Å². The highest BCUT2D eigenvalue weighted by atomic mass is 79.9. The first-order chi connectivity index (χ1) is 8.50. The average Bonchev–Trinajstić information content (AvgIpc) is 2.85. The molecule has 0 spiro atoms. The predicted octanol–water partition coefficient (Wildman–Crippen LogP) is 3.89. The van der Waals surface area contributed by atoms with Crippen molar-refractivity contribution in [2.24, 2.45) is 11.7 Å². The van der Waals surface area contributed by atoms with Crippen molar-refractivity contribution in [2.45, 2.75) is 37.8 Å². The van der Waals surface area contributed by atoms with Crippen molar-refractivity contribution in [3.05, 3.63) is 26.6 Å². The van der Waals surface area contributed by atoms with Gasteiger partial charge in [-0.3, -0.25) is 0 Å². The van der Waals surface area contributed by atoms with E-state index < -0.39 is 12.1 Å². The number of benzene rings is 1. The van der Waals surface area contributed by atoms with Gasteiger partial charge < -0.3 is 15.9 Å². The first-order valence-electron chi connectivity index (χ1n) is 6.12. The molecule has 2 atom stereocenters. The van der Waals surface area contributed by atoms with Gasteiger partial charge in [0.05, 0.1) is 16.6 Å². The quantitative estimate of drug-likeness (QED) is 0.702. The summed E-state index contributed by atoms with van der Waals surface area (Å²) in [5.74, 6) is 0.361. The van der Waals surface area contributed by atoms with E-state index in [1.807, 2.05) is 0 Å². The second kappa shape index (κ2) is 7.27. The molecule has 0 unspecified atom stereocenters. The SMILES string of the molecule is Cl.N[C@H](c1cc(Br)cc(Br)c1O)[C@@H](O)C1CCCC1. The van der Waals surface area contributed by atoms with Gasteiger partial charge in [0.15, 0.2) is 0 Å². The van der Waals surface area contributed by atoms with E-state index in [9.17, 15) is 10.2 Å². The fraction of sp³-hybridized carbons (Fsp3) is 0.538. The lowest BCUT2D eigenvalue weighted by atomic mass is 9.90. The molecule has 0 bridgehead atoms. The standard InChI is InChI=1S/C13H17Br2NO2.ClH/c14-8-5-9(13(18)10(15)6-8)11(16)12(17)7-3-1-2-4-7;/h5-7,11-12,17-18H,1-4,16H2;1H/t11-,12+;/m1./s1. The van der Waals surface area contributed by atoms with Gasteiger partial charge in [-0.2, -0.15) is 0 Å². The van der Waals surface area contributed by atoms with E-state index in [4.69, 9.17) is 5.73 Å². The van der Waals surface area contributed by atoms with Crippen molar-refractivity contribution in [1.82, 2.24) is 0 Å². The maximum absolute atomic E-state index is 10.3. The summed E-state index contributed by atoms with van der Waals surface area (Å²) in [5, 5.41) is 20.3. The summed E-state index contributed by atoms with van der Waals surface area (Å²) in [6, 6.07) is 2.97. The molecule has 0 heterocycles. The van der Waals surface area contributed by atoms with Crippen LogP contribution in [0.15, 0.2) is 21.1 Å². The predicted molar refractivity (Wildman–Crippen MR) is 85.6 cm³/mol. The zero-order chi connectivity index (χ0) is 13.3. The van der Waals surface area contributed by atoms with Gasteiger partial charge in [-0.15, -0.1) is 12.4 Å². The lowest BCUT2D eigenvalue weighted by molar-refractivity contribution is 0.0836. The minimum Gasteiger partial charge on any atom is -0.506 e. The number of halogens is 3. The monoisotopic (exact) mass is 413 g/mol. The van der Waals surface area contributed by atoms with Crippen LogP contribution in [0.5, 0.6) is 5.75 Å². The lowest BCUT2D eigenvalue weighted by Gasteiger charge is -2.25. The molecule has 19 heavy (non-hydrogen) atoms. The van der Waals surface area contributed by atoms with Crippen molar-refractivity contribution < 1.29 is 10.2 Å². The van der Waals surface area contributed by atoms with E-state index in [0.29, 0.717) is 10.0 Å². The Labute approximate surface area is 136 Å².